The molecule has 0 saturated carbocycles. The molecule has 7 heteroatoms. The Morgan fingerprint density at radius 2 is 1.69 bits per heavy atom. The Balaban J connectivity index is 2.31. The lowest BCUT2D eigenvalue weighted by atomic mass is 10.2. The molecule has 26 heavy (non-hydrogen) atoms. The number of benzene rings is 1. The van der Waals surface area contributed by atoms with Crippen LogP contribution in [-0.2, 0) is 34.0 Å². The van der Waals surface area contributed by atoms with Crippen molar-refractivity contribution in [2.45, 2.75) is 40.5 Å². The number of carbonyl (C=O) groups excluding carboxylic acids is 2. The van der Waals surface area contributed by atoms with E-state index in [1.54, 1.807) is 11.5 Å². The topological polar surface area (TPSA) is 79.7 Å². The van der Waals surface area contributed by atoms with Crippen molar-refractivity contribution in [2.75, 3.05) is 13.2 Å². The molecular formula is C19H24N2O5. The molecule has 0 saturated heterocycles. The van der Waals surface area contributed by atoms with Gasteiger partial charge in [0.1, 0.15) is 19.0 Å². The summed E-state index contributed by atoms with van der Waals surface area (Å²) in [4.78, 5) is 29.2. The zero-order valence-corrected chi connectivity index (χ0v) is 15.4. The highest BCUT2D eigenvalue weighted by Crippen LogP contribution is 2.17. The van der Waals surface area contributed by atoms with Gasteiger partial charge < -0.3 is 18.8 Å². The van der Waals surface area contributed by atoms with Crippen molar-refractivity contribution in [1.82, 2.24) is 9.55 Å². The van der Waals surface area contributed by atoms with Crippen LogP contribution in [0.4, 0.5) is 0 Å². The molecule has 0 aliphatic heterocycles. The highest BCUT2D eigenvalue weighted by atomic mass is 16.5. The molecule has 0 aliphatic carbocycles. The number of hydrogen-bond donors (Lipinski definition) is 0. The Bertz CT molecular complexity index is 740. The molecule has 0 N–H and O–H groups in total. The van der Waals surface area contributed by atoms with Gasteiger partial charge >= 0.3 is 11.9 Å². The largest absolute Gasteiger partial charge is 0.461 e. The second-order valence-electron chi connectivity index (χ2n) is 5.39. The molecule has 140 valence electrons. The van der Waals surface area contributed by atoms with Crippen molar-refractivity contribution in [3.63, 3.8) is 0 Å². The van der Waals surface area contributed by atoms with Crippen molar-refractivity contribution < 1.29 is 23.8 Å². The van der Waals surface area contributed by atoms with Gasteiger partial charge in [0.05, 0.1) is 6.61 Å². The minimum atomic E-state index is -0.649. The van der Waals surface area contributed by atoms with Gasteiger partial charge in [-0.05, 0) is 26.3 Å². The zero-order chi connectivity index (χ0) is 18.9. The lowest BCUT2D eigenvalue weighted by molar-refractivity contribution is 0.0431. The van der Waals surface area contributed by atoms with E-state index >= 15 is 0 Å². The number of imidazole rings is 1. The van der Waals surface area contributed by atoms with Crippen molar-refractivity contribution >= 4 is 11.9 Å². The average molecular weight is 360 g/mol. The van der Waals surface area contributed by atoms with Crippen LogP contribution >= 0.6 is 0 Å². The van der Waals surface area contributed by atoms with Gasteiger partial charge in [0, 0.05) is 13.2 Å². The van der Waals surface area contributed by atoms with Crippen molar-refractivity contribution in [3.05, 3.63) is 53.1 Å². The number of carbonyl (C=O) groups is 2. The molecule has 0 unspecified atom stereocenters. The molecule has 0 bridgehead atoms. The number of nitrogens with zero attached hydrogens (tertiary/aromatic N) is 2. The summed E-state index contributed by atoms with van der Waals surface area (Å²) in [6, 6.07) is 9.33. The van der Waals surface area contributed by atoms with E-state index < -0.39 is 11.9 Å². The van der Waals surface area contributed by atoms with Gasteiger partial charge in [-0.1, -0.05) is 30.3 Å². The van der Waals surface area contributed by atoms with Gasteiger partial charge in [0.2, 0.25) is 0 Å². The van der Waals surface area contributed by atoms with Crippen LogP contribution in [-0.4, -0.2) is 34.7 Å². The quantitative estimate of drug-likeness (QED) is 0.640. The van der Waals surface area contributed by atoms with Gasteiger partial charge in [0.15, 0.2) is 11.4 Å². The summed E-state index contributed by atoms with van der Waals surface area (Å²) in [7, 11) is 0. The number of ether oxygens (including phenoxy) is 3. The molecule has 2 rings (SSSR count). The minimum Gasteiger partial charge on any atom is -0.461 e. The van der Waals surface area contributed by atoms with Crippen LogP contribution in [0.1, 0.15) is 53.1 Å². The van der Waals surface area contributed by atoms with Gasteiger partial charge in [-0.15, -0.1) is 0 Å². The maximum atomic E-state index is 12.7. The number of rotatable bonds is 9. The smallest absolute Gasteiger partial charge is 0.359 e. The van der Waals surface area contributed by atoms with Crippen molar-refractivity contribution in [2.24, 2.45) is 0 Å². The second kappa shape index (κ2) is 9.72. The fraction of sp³-hybridized carbons (Fsp3) is 0.421. The van der Waals surface area contributed by atoms with E-state index in [9.17, 15) is 9.59 Å². The first-order valence-electron chi connectivity index (χ1n) is 8.67. The van der Waals surface area contributed by atoms with Gasteiger partial charge in [-0.2, -0.15) is 0 Å². The molecule has 0 radical (unpaired) electrons. The van der Waals surface area contributed by atoms with E-state index in [4.69, 9.17) is 14.2 Å². The summed E-state index contributed by atoms with van der Waals surface area (Å²) in [5, 5.41) is 0. The molecule has 1 aromatic carbocycles. The summed E-state index contributed by atoms with van der Waals surface area (Å²) >= 11 is 0. The maximum Gasteiger partial charge on any atom is 0.359 e. The number of aromatic nitrogens is 2. The predicted molar refractivity (Wildman–Crippen MR) is 94.7 cm³/mol. The van der Waals surface area contributed by atoms with Crippen LogP contribution in [0, 0.1) is 0 Å². The van der Waals surface area contributed by atoms with Crippen LogP contribution in [0.2, 0.25) is 0 Å². The third-order valence-corrected chi connectivity index (χ3v) is 3.67. The summed E-state index contributed by atoms with van der Waals surface area (Å²) < 4.78 is 17.5. The van der Waals surface area contributed by atoms with Crippen LogP contribution in [0.5, 0.6) is 0 Å². The predicted octanol–water partition coefficient (Wildman–Crippen LogP) is 2.97. The number of esters is 2. The van der Waals surface area contributed by atoms with E-state index in [0.29, 0.717) is 19.0 Å². The van der Waals surface area contributed by atoms with E-state index in [2.05, 4.69) is 4.98 Å². The van der Waals surface area contributed by atoms with E-state index in [0.717, 1.165) is 5.56 Å². The van der Waals surface area contributed by atoms with E-state index in [-0.39, 0.29) is 31.2 Å². The lowest BCUT2D eigenvalue weighted by Gasteiger charge is -2.10. The maximum absolute atomic E-state index is 12.7. The summed E-state index contributed by atoms with van der Waals surface area (Å²) in [6.07, 6.45) is 0. The average Bonchev–Trinajstić information content (AvgIpc) is 3.04. The first-order valence-corrected chi connectivity index (χ1v) is 8.67. The van der Waals surface area contributed by atoms with Crippen LogP contribution in [0.15, 0.2) is 30.3 Å². The standard InChI is InChI=1S/C19H24N2O5/c1-4-21-15(13-24-5-2)20-16(18(22)25-6-3)17(21)19(23)26-12-14-10-8-7-9-11-14/h7-11H,4-6,12-13H2,1-3H3. The fourth-order valence-corrected chi connectivity index (χ4v) is 2.48. The first-order chi connectivity index (χ1) is 12.6. The summed E-state index contributed by atoms with van der Waals surface area (Å²) in [5.41, 5.74) is 0.911. The summed E-state index contributed by atoms with van der Waals surface area (Å²) in [5.74, 6) is -0.776. The lowest BCUT2D eigenvalue weighted by Crippen LogP contribution is -2.18. The van der Waals surface area contributed by atoms with Crippen LogP contribution < -0.4 is 0 Å². The minimum absolute atomic E-state index is 0.0403. The van der Waals surface area contributed by atoms with E-state index in [1.807, 2.05) is 44.2 Å². The van der Waals surface area contributed by atoms with Crippen molar-refractivity contribution in [3.8, 4) is 0 Å². The first kappa shape index (κ1) is 19.7. The van der Waals surface area contributed by atoms with Gasteiger partial charge in [-0.3, -0.25) is 0 Å². The molecule has 1 aromatic heterocycles. The van der Waals surface area contributed by atoms with Crippen LogP contribution in [0.3, 0.4) is 0 Å². The van der Waals surface area contributed by atoms with Crippen molar-refractivity contribution in [1.29, 1.82) is 0 Å². The molecule has 0 fully saturated rings. The third kappa shape index (κ3) is 4.70. The Morgan fingerprint density at radius 3 is 2.31 bits per heavy atom. The zero-order valence-electron chi connectivity index (χ0n) is 15.4. The van der Waals surface area contributed by atoms with Gasteiger partial charge in [-0.25, -0.2) is 14.6 Å². The Hall–Kier alpha value is -2.67. The third-order valence-electron chi connectivity index (χ3n) is 3.67. The Morgan fingerprint density at radius 1 is 0.962 bits per heavy atom. The normalized spacial score (nSPS) is 10.6. The molecular weight excluding hydrogens is 336 g/mol. The molecule has 0 atom stereocenters. The molecule has 7 nitrogen and oxygen atoms in total. The van der Waals surface area contributed by atoms with Gasteiger partial charge in [0.25, 0.3) is 0 Å². The highest BCUT2D eigenvalue weighted by molar-refractivity contribution is 6.00. The molecule has 2 aromatic rings. The monoisotopic (exact) mass is 360 g/mol. The number of hydrogen-bond acceptors (Lipinski definition) is 6. The molecule has 1 heterocycles. The molecule has 0 spiro atoms. The van der Waals surface area contributed by atoms with E-state index in [1.165, 1.54) is 0 Å². The van der Waals surface area contributed by atoms with Crippen LogP contribution in [0.25, 0.3) is 0 Å². The Kier molecular flexibility index (Phi) is 7.35. The highest BCUT2D eigenvalue weighted by Gasteiger charge is 2.28. The molecule has 0 aliphatic rings. The SMILES string of the molecule is CCOCc1nc(C(=O)OCC)c(C(=O)OCc2ccccc2)n1CC. The fourth-order valence-electron chi connectivity index (χ4n) is 2.48. The molecule has 0 amide bonds. The summed E-state index contributed by atoms with van der Waals surface area (Å²) in [6.45, 7) is 6.87. The second-order valence-corrected chi connectivity index (χ2v) is 5.39. The Labute approximate surface area is 152 Å².